The minimum Gasteiger partial charge on any atom is -0.322 e. The molecule has 0 saturated carbocycles. The van der Waals surface area contributed by atoms with Crippen LogP contribution in [-0.2, 0) is 0 Å². The molecule has 0 unspecified atom stereocenters. The fourth-order valence-corrected chi connectivity index (χ4v) is 2.31. The van der Waals surface area contributed by atoms with Crippen LogP contribution in [0.5, 0.6) is 0 Å². The normalized spacial score (nSPS) is 10.5. The highest BCUT2D eigenvalue weighted by Crippen LogP contribution is 2.20. The Morgan fingerprint density at radius 3 is 1.93 bits per heavy atom. The SMILES string of the molecule is Brc1ccc(-n2cc(I)c(I)c2)cc1. The van der Waals surface area contributed by atoms with E-state index in [1.807, 2.05) is 0 Å². The molecule has 72 valence electrons. The van der Waals surface area contributed by atoms with Crippen molar-refractivity contribution in [2.75, 3.05) is 0 Å². The molecule has 0 aliphatic rings. The number of aromatic nitrogens is 1. The molecule has 0 spiro atoms. The Morgan fingerprint density at radius 2 is 1.43 bits per heavy atom. The molecule has 1 nitrogen and oxygen atoms in total. The zero-order valence-electron chi connectivity index (χ0n) is 7.05. The Balaban J connectivity index is 2.44. The molecule has 4 heteroatoms. The van der Waals surface area contributed by atoms with E-state index in [2.05, 4.69) is 102 Å². The minimum atomic E-state index is 1.11. The summed E-state index contributed by atoms with van der Waals surface area (Å²) in [4.78, 5) is 0. The molecule has 0 N–H and O–H groups in total. The number of benzene rings is 1. The van der Waals surface area contributed by atoms with Gasteiger partial charge in [-0.15, -0.1) is 0 Å². The largest absolute Gasteiger partial charge is 0.322 e. The Bertz CT molecular complexity index is 428. The lowest BCUT2D eigenvalue weighted by Gasteiger charge is -2.01. The lowest BCUT2D eigenvalue weighted by molar-refractivity contribution is 1.07. The van der Waals surface area contributed by atoms with Crippen molar-refractivity contribution < 1.29 is 0 Å². The van der Waals surface area contributed by atoms with Crippen molar-refractivity contribution in [3.05, 3.63) is 48.3 Å². The fraction of sp³-hybridized carbons (Fsp3) is 0. The molecular weight excluding hydrogens is 468 g/mol. The zero-order chi connectivity index (χ0) is 10.1. The van der Waals surface area contributed by atoms with Gasteiger partial charge in [-0.1, -0.05) is 15.9 Å². The van der Waals surface area contributed by atoms with Crippen molar-refractivity contribution in [3.8, 4) is 5.69 Å². The summed E-state index contributed by atoms with van der Waals surface area (Å²) in [5.41, 5.74) is 1.19. The topological polar surface area (TPSA) is 4.93 Å². The van der Waals surface area contributed by atoms with Crippen LogP contribution in [0.1, 0.15) is 0 Å². The third-order valence-corrected chi connectivity index (χ3v) is 5.14. The van der Waals surface area contributed by atoms with Crippen LogP contribution in [0.25, 0.3) is 5.69 Å². The maximum atomic E-state index is 3.43. The van der Waals surface area contributed by atoms with Gasteiger partial charge in [0.05, 0.1) is 0 Å². The Morgan fingerprint density at radius 1 is 0.929 bits per heavy atom. The summed E-state index contributed by atoms with van der Waals surface area (Å²) < 4.78 is 5.81. The van der Waals surface area contributed by atoms with E-state index in [-0.39, 0.29) is 0 Å². The van der Waals surface area contributed by atoms with Crippen molar-refractivity contribution in [1.29, 1.82) is 0 Å². The average Bonchev–Trinajstić information content (AvgIpc) is 2.48. The minimum absolute atomic E-state index is 1.11. The molecule has 0 aliphatic heterocycles. The summed E-state index contributed by atoms with van der Waals surface area (Å²) in [6.07, 6.45) is 4.26. The first-order valence-corrected chi connectivity index (χ1v) is 6.91. The van der Waals surface area contributed by atoms with E-state index in [1.165, 1.54) is 12.8 Å². The lowest BCUT2D eigenvalue weighted by atomic mass is 10.3. The average molecular weight is 474 g/mol. The second kappa shape index (κ2) is 4.52. The van der Waals surface area contributed by atoms with Gasteiger partial charge in [0, 0.05) is 29.7 Å². The van der Waals surface area contributed by atoms with Crippen LogP contribution in [0.3, 0.4) is 0 Å². The summed E-state index contributed by atoms with van der Waals surface area (Å²) >= 11 is 8.11. The molecular formula is C10H6BrI2N. The molecule has 2 rings (SSSR count). The van der Waals surface area contributed by atoms with E-state index in [1.54, 1.807) is 0 Å². The van der Waals surface area contributed by atoms with Gasteiger partial charge in [-0.25, -0.2) is 0 Å². The van der Waals surface area contributed by atoms with Crippen molar-refractivity contribution in [1.82, 2.24) is 4.57 Å². The second-order valence-electron chi connectivity index (χ2n) is 2.84. The van der Waals surface area contributed by atoms with E-state index in [0.29, 0.717) is 0 Å². The summed E-state index contributed by atoms with van der Waals surface area (Å²) in [5, 5.41) is 0. The standard InChI is InChI=1S/C10H6BrI2N/c11-7-1-3-8(4-2-7)14-5-9(12)10(13)6-14/h1-6H. The van der Waals surface area contributed by atoms with Crippen LogP contribution in [0.15, 0.2) is 41.1 Å². The summed E-state index contributed by atoms with van der Waals surface area (Å²) in [5.74, 6) is 0. The number of rotatable bonds is 1. The van der Waals surface area contributed by atoms with E-state index < -0.39 is 0 Å². The molecule has 2 aromatic rings. The van der Waals surface area contributed by atoms with Crippen LogP contribution in [-0.4, -0.2) is 4.57 Å². The maximum Gasteiger partial charge on any atom is 0.0450 e. The molecule has 0 radical (unpaired) electrons. The monoisotopic (exact) mass is 473 g/mol. The molecule has 0 atom stereocenters. The van der Waals surface area contributed by atoms with Gasteiger partial charge in [0.25, 0.3) is 0 Å². The number of halogens is 3. The van der Waals surface area contributed by atoms with E-state index in [0.717, 1.165) is 4.47 Å². The number of hydrogen-bond donors (Lipinski definition) is 0. The van der Waals surface area contributed by atoms with Crippen LogP contribution in [0, 0.1) is 7.14 Å². The van der Waals surface area contributed by atoms with E-state index >= 15 is 0 Å². The predicted molar refractivity (Wildman–Crippen MR) is 78.9 cm³/mol. The van der Waals surface area contributed by atoms with Gasteiger partial charge in [-0.3, -0.25) is 0 Å². The van der Waals surface area contributed by atoms with Gasteiger partial charge >= 0.3 is 0 Å². The van der Waals surface area contributed by atoms with Crippen LogP contribution >= 0.6 is 61.1 Å². The molecule has 0 saturated heterocycles. The number of nitrogens with zero attached hydrogens (tertiary/aromatic N) is 1. The predicted octanol–water partition coefficient (Wildman–Crippen LogP) is 4.45. The number of hydrogen-bond acceptors (Lipinski definition) is 0. The van der Waals surface area contributed by atoms with Gasteiger partial charge in [0.1, 0.15) is 0 Å². The highest BCUT2D eigenvalue weighted by atomic mass is 127. The molecule has 1 aromatic carbocycles. The summed E-state index contributed by atoms with van der Waals surface area (Å²) in [7, 11) is 0. The Hall–Kier alpha value is 0.440. The van der Waals surface area contributed by atoms with Crippen molar-refractivity contribution in [2.45, 2.75) is 0 Å². The third kappa shape index (κ3) is 2.33. The first-order valence-electron chi connectivity index (χ1n) is 3.96. The fourth-order valence-electron chi connectivity index (χ4n) is 1.17. The van der Waals surface area contributed by atoms with E-state index in [4.69, 9.17) is 0 Å². The molecule has 1 aromatic heterocycles. The first kappa shape index (κ1) is 10.9. The van der Waals surface area contributed by atoms with Crippen LogP contribution in [0.4, 0.5) is 0 Å². The van der Waals surface area contributed by atoms with Gasteiger partial charge < -0.3 is 4.57 Å². The van der Waals surface area contributed by atoms with Crippen molar-refractivity contribution >= 4 is 61.1 Å². The maximum absolute atomic E-state index is 3.43. The van der Waals surface area contributed by atoms with Crippen LogP contribution < -0.4 is 0 Å². The summed E-state index contributed by atoms with van der Waals surface area (Å²) in [6, 6.07) is 8.29. The molecule has 14 heavy (non-hydrogen) atoms. The summed E-state index contributed by atoms with van der Waals surface area (Å²) in [6.45, 7) is 0. The highest BCUT2D eigenvalue weighted by Gasteiger charge is 2.01. The van der Waals surface area contributed by atoms with Gasteiger partial charge in [0.2, 0.25) is 0 Å². The molecule has 0 bridgehead atoms. The Labute approximate surface area is 118 Å². The smallest absolute Gasteiger partial charge is 0.0450 e. The lowest BCUT2D eigenvalue weighted by Crippen LogP contribution is -1.88. The quantitative estimate of drug-likeness (QED) is 0.539. The zero-order valence-corrected chi connectivity index (χ0v) is 12.9. The van der Waals surface area contributed by atoms with Gasteiger partial charge in [-0.2, -0.15) is 0 Å². The third-order valence-electron chi connectivity index (χ3n) is 1.86. The van der Waals surface area contributed by atoms with Crippen LogP contribution in [0.2, 0.25) is 0 Å². The van der Waals surface area contributed by atoms with Gasteiger partial charge in [-0.05, 0) is 69.4 Å². The highest BCUT2D eigenvalue weighted by molar-refractivity contribution is 14.1. The first-order chi connectivity index (χ1) is 6.66. The molecule has 0 fully saturated rings. The van der Waals surface area contributed by atoms with Crippen molar-refractivity contribution in [2.24, 2.45) is 0 Å². The second-order valence-corrected chi connectivity index (χ2v) is 6.08. The molecule has 0 aliphatic carbocycles. The molecule has 0 amide bonds. The van der Waals surface area contributed by atoms with E-state index in [9.17, 15) is 0 Å². The Kier molecular flexibility index (Phi) is 3.54. The van der Waals surface area contributed by atoms with Gasteiger partial charge in [0.15, 0.2) is 0 Å². The molecule has 1 heterocycles. The van der Waals surface area contributed by atoms with Crippen molar-refractivity contribution in [3.63, 3.8) is 0 Å².